The van der Waals surface area contributed by atoms with Crippen LogP contribution in [0.5, 0.6) is 11.8 Å². The van der Waals surface area contributed by atoms with Crippen LogP contribution in [-0.2, 0) is 4.74 Å². The molecule has 0 aliphatic heterocycles. The summed E-state index contributed by atoms with van der Waals surface area (Å²) in [6, 6.07) is 0. The lowest BCUT2D eigenvalue weighted by Gasteiger charge is -2.11. The minimum atomic E-state index is -0.460. The first-order chi connectivity index (χ1) is 7.69. The maximum atomic E-state index is 8.39. The molecule has 0 spiro atoms. The summed E-state index contributed by atoms with van der Waals surface area (Å²) < 4.78 is 14.7. The van der Waals surface area contributed by atoms with Crippen molar-refractivity contribution < 1.29 is 19.3 Å². The van der Waals surface area contributed by atoms with Crippen molar-refractivity contribution in [3.05, 3.63) is 0 Å². The van der Waals surface area contributed by atoms with Crippen molar-refractivity contribution in [3.8, 4) is 11.8 Å². The Kier molecular flexibility index (Phi) is 4.55. The van der Waals surface area contributed by atoms with Crippen LogP contribution in [0.15, 0.2) is 0 Å². The molecule has 16 heavy (non-hydrogen) atoms. The molecule has 0 saturated heterocycles. The second kappa shape index (κ2) is 5.93. The van der Waals surface area contributed by atoms with Crippen molar-refractivity contribution in [1.82, 2.24) is 9.97 Å². The van der Waals surface area contributed by atoms with Gasteiger partial charge in [-0.25, -0.2) is 0 Å². The molecule has 0 amide bonds. The molecule has 8 heteroatoms. The van der Waals surface area contributed by atoms with Crippen LogP contribution in [0.3, 0.4) is 0 Å². The van der Waals surface area contributed by atoms with Crippen LogP contribution in [0.25, 0.3) is 0 Å². The lowest BCUT2D eigenvalue weighted by molar-refractivity contribution is -0.0664. The third-order valence-electron chi connectivity index (χ3n) is 1.54. The average Bonchev–Trinajstić information content (AvgIpc) is 2.25. The van der Waals surface area contributed by atoms with E-state index in [1.165, 1.54) is 0 Å². The van der Waals surface area contributed by atoms with E-state index >= 15 is 0 Å². The van der Waals surface area contributed by atoms with E-state index in [1.807, 2.05) is 0 Å². The zero-order valence-electron chi connectivity index (χ0n) is 8.84. The Morgan fingerprint density at radius 1 is 1.19 bits per heavy atom. The predicted molar refractivity (Wildman–Crippen MR) is 55.7 cm³/mol. The van der Waals surface area contributed by atoms with E-state index in [0.717, 1.165) is 0 Å². The molecule has 0 bridgehead atoms. The summed E-state index contributed by atoms with van der Waals surface area (Å²) in [4.78, 5) is 7.57. The number of hydrogen-bond donors (Lipinski definition) is 3. The number of rotatable bonds is 6. The Bertz CT molecular complexity index is 347. The summed E-state index contributed by atoms with van der Waals surface area (Å²) in [5.41, 5.74) is 11.2. The van der Waals surface area contributed by atoms with E-state index in [0.29, 0.717) is 6.61 Å². The number of hydrogen-bond acceptors (Lipinski definition) is 8. The number of aliphatic hydroxyl groups is 1. The van der Waals surface area contributed by atoms with E-state index in [-0.39, 0.29) is 30.2 Å². The lowest BCUT2D eigenvalue weighted by Crippen LogP contribution is -2.10. The summed E-state index contributed by atoms with van der Waals surface area (Å²) in [6.07, 6.45) is 0. The largest absolute Gasteiger partial charge is 0.476 e. The molecule has 0 fully saturated rings. The van der Waals surface area contributed by atoms with E-state index in [1.54, 1.807) is 6.92 Å². The van der Waals surface area contributed by atoms with Crippen LogP contribution in [0.2, 0.25) is 0 Å². The first kappa shape index (κ1) is 12.3. The molecule has 1 rings (SSSR count). The third kappa shape index (κ3) is 3.11. The monoisotopic (exact) mass is 230 g/mol. The highest BCUT2D eigenvalue weighted by Gasteiger charge is 2.12. The van der Waals surface area contributed by atoms with Crippen molar-refractivity contribution >= 4 is 11.6 Å². The van der Waals surface area contributed by atoms with Crippen molar-refractivity contribution in [1.29, 1.82) is 0 Å². The quantitative estimate of drug-likeness (QED) is 0.434. The molecular weight excluding hydrogens is 216 g/mol. The molecule has 90 valence electrons. The normalized spacial score (nSPS) is 10.1. The molecule has 0 saturated carbocycles. The highest BCUT2D eigenvalue weighted by atomic mass is 16.7. The number of nitrogens with zero attached hydrogens (tertiary/aromatic N) is 2. The zero-order valence-corrected chi connectivity index (χ0v) is 8.84. The third-order valence-corrected chi connectivity index (χ3v) is 1.54. The standard InChI is InChI=1S/C8H14N4O4/c1-2-15-6-5(9)7(12-8(10)11-6)16-4-14-3-13/h13H,2-4,9H2,1H3,(H2,10,11,12). The molecule has 0 aromatic carbocycles. The van der Waals surface area contributed by atoms with Gasteiger partial charge in [-0.1, -0.05) is 0 Å². The van der Waals surface area contributed by atoms with Gasteiger partial charge < -0.3 is 30.8 Å². The average molecular weight is 230 g/mol. The van der Waals surface area contributed by atoms with Gasteiger partial charge in [0.25, 0.3) is 0 Å². The first-order valence-electron chi connectivity index (χ1n) is 4.56. The van der Waals surface area contributed by atoms with Crippen LogP contribution in [-0.4, -0.2) is 35.3 Å². The molecule has 0 aliphatic carbocycles. The molecule has 5 N–H and O–H groups in total. The van der Waals surface area contributed by atoms with Gasteiger partial charge in [-0.15, -0.1) is 0 Å². The SMILES string of the molecule is CCOc1nc(N)nc(OCOCO)c1N. The molecule has 0 aliphatic rings. The summed E-state index contributed by atoms with van der Waals surface area (Å²) in [5.74, 6) is 0.204. The molecule has 0 unspecified atom stereocenters. The van der Waals surface area contributed by atoms with Gasteiger partial charge in [-0.05, 0) is 6.92 Å². The fourth-order valence-corrected chi connectivity index (χ4v) is 0.937. The Balaban J connectivity index is 2.81. The maximum absolute atomic E-state index is 8.39. The van der Waals surface area contributed by atoms with E-state index < -0.39 is 6.79 Å². The summed E-state index contributed by atoms with van der Waals surface area (Å²) in [6.45, 7) is 1.53. The summed E-state index contributed by atoms with van der Waals surface area (Å²) in [5, 5.41) is 8.39. The number of anilines is 2. The summed E-state index contributed by atoms with van der Waals surface area (Å²) in [7, 11) is 0. The Morgan fingerprint density at radius 2 is 1.81 bits per heavy atom. The number of nitrogen functional groups attached to an aromatic ring is 2. The molecule has 1 aromatic rings. The van der Waals surface area contributed by atoms with Gasteiger partial charge in [0, 0.05) is 0 Å². The maximum Gasteiger partial charge on any atom is 0.248 e. The zero-order chi connectivity index (χ0) is 12.0. The van der Waals surface area contributed by atoms with Gasteiger partial charge in [0.15, 0.2) is 12.5 Å². The van der Waals surface area contributed by atoms with Gasteiger partial charge in [-0.3, -0.25) is 0 Å². The lowest BCUT2D eigenvalue weighted by atomic mass is 10.5. The number of ether oxygens (including phenoxy) is 3. The molecule has 1 aromatic heterocycles. The van der Waals surface area contributed by atoms with Crippen molar-refractivity contribution in [2.75, 3.05) is 31.7 Å². The molecule has 8 nitrogen and oxygen atoms in total. The van der Waals surface area contributed by atoms with Gasteiger partial charge in [0.1, 0.15) is 6.79 Å². The Labute approximate surface area is 92.1 Å². The van der Waals surface area contributed by atoms with Crippen molar-refractivity contribution in [2.24, 2.45) is 0 Å². The van der Waals surface area contributed by atoms with Crippen LogP contribution < -0.4 is 20.9 Å². The fraction of sp³-hybridized carbons (Fsp3) is 0.500. The summed E-state index contributed by atoms with van der Waals surface area (Å²) >= 11 is 0. The highest BCUT2D eigenvalue weighted by molar-refractivity contribution is 5.58. The van der Waals surface area contributed by atoms with Crippen LogP contribution in [0.4, 0.5) is 11.6 Å². The Hall–Kier alpha value is -1.80. The van der Waals surface area contributed by atoms with Crippen LogP contribution in [0.1, 0.15) is 6.92 Å². The topological polar surface area (TPSA) is 126 Å². The molecule has 1 heterocycles. The second-order valence-corrected chi connectivity index (χ2v) is 2.63. The van der Waals surface area contributed by atoms with Gasteiger partial charge in [0.2, 0.25) is 17.7 Å². The van der Waals surface area contributed by atoms with Gasteiger partial charge >= 0.3 is 0 Å². The smallest absolute Gasteiger partial charge is 0.248 e. The number of nitrogens with two attached hydrogens (primary N) is 2. The van der Waals surface area contributed by atoms with Crippen LogP contribution >= 0.6 is 0 Å². The molecule has 0 atom stereocenters. The number of aromatic nitrogens is 2. The van der Waals surface area contributed by atoms with Gasteiger partial charge in [0.05, 0.1) is 6.61 Å². The van der Waals surface area contributed by atoms with E-state index in [4.69, 9.17) is 26.0 Å². The first-order valence-corrected chi connectivity index (χ1v) is 4.56. The van der Waals surface area contributed by atoms with E-state index in [9.17, 15) is 0 Å². The molecule has 0 radical (unpaired) electrons. The minimum absolute atomic E-state index is 0.0170. The van der Waals surface area contributed by atoms with Crippen molar-refractivity contribution in [3.63, 3.8) is 0 Å². The Morgan fingerprint density at radius 3 is 2.38 bits per heavy atom. The van der Waals surface area contributed by atoms with Gasteiger partial charge in [-0.2, -0.15) is 9.97 Å². The number of aliphatic hydroxyl groups excluding tert-OH is 1. The fourth-order valence-electron chi connectivity index (χ4n) is 0.937. The van der Waals surface area contributed by atoms with Crippen molar-refractivity contribution in [2.45, 2.75) is 6.92 Å². The highest BCUT2D eigenvalue weighted by Crippen LogP contribution is 2.28. The molecular formula is C8H14N4O4. The van der Waals surface area contributed by atoms with E-state index in [2.05, 4.69) is 14.7 Å². The predicted octanol–water partition coefficient (Wildman–Crippen LogP) is -0.658. The second-order valence-electron chi connectivity index (χ2n) is 2.63. The van der Waals surface area contributed by atoms with Crippen LogP contribution in [0, 0.1) is 0 Å². The minimum Gasteiger partial charge on any atom is -0.476 e.